The van der Waals surface area contributed by atoms with Crippen molar-refractivity contribution in [3.05, 3.63) is 52.8 Å². The molecule has 0 spiro atoms. The summed E-state index contributed by atoms with van der Waals surface area (Å²) in [5.74, 6) is 0.0518. The summed E-state index contributed by atoms with van der Waals surface area (Å²) in [6.07, 6.45) is -0.214. The third-order valence-electron chi connectivity index (χ3n) is 3.61. The maximum absolute atomic E-state index is 12.3. The van der Waals surface area contributed by atoms with E-state index >= 15 is 0 Å². The Morgan fingerprint density at radius 2 is 1.84 bits per heavy atom. The molecule has 0 atom stereocenters. The third kappa shape index (κ3) is 4.86. The second-order valence-electron chi connectivity index (χ2n) is 6.00. The predicted molar refractivity (Wildman–Crippen MR) is 95.1 cm³/mol. The van der Waals surface area contributed by atoms with Crippen LogP contribution in [0, 0.1) is 13.8 Å². The van der Waals surface area contributed by atoms with Crippen LogP contribution < -0.4 is 10.1 Å². The van der Waals surface area contributed by atoms with Gasteiger partial charge in [0.05, 0.1) is 18.2 Å². The van der Waals surface area contributed by atoms with Crippen LogP contribution in [0.15, 0.2) is 30.3 Å². The van der Waals surface area contributed by atoms with Gasteiger partial charge in [0.15, 0.2) is 0 Å². The number of carbonyl (C=O) groups is 2. The highest BCUT2D eigenvalue weighted by Gasteiger charge is 2.23. The molecule has 1 aromatic carbocycles. The molecule has 0 saturated heterocycles. The van der Waals surface area contributed by atoms with E-state index in [0.29, 0.717) is 35.7 Å². The number of hydrogen-bond acceptors (Lipinski definition) is 4. The molecule has 25 heavy (non-hydrogen) atoms. The molecule has 0 bridgehead atoms. The summed E-state index contributed by atoms with van der Waals surface area (Å²) in [5, 5.41) is 2.78. The molecule has 6 heteroatoms. The number of benzene rings is 1. The van der Waals surface area contributed by atoms with Gasteiger partial charge >= 0.3 is 5.97 Å². The topological polar surface area (TPSA) is 80.4 Å². The molecular weight excluding hydrogens is 320 g/mol. The molecule has 1 heterocycles. The first-order chi connectivity index (χ1) is 11.9. The Labute approximate surface area is 147 Å². The van der Waals surface area contributed by atoms with Crippen molar-refractivity contribution in [2.24, 2.45) is 0 Å². The third-order valence-corrected chi connectivity index (χ3v) is 3.61. The Kier molecular flexibility index (Phi) is 6.22. The minimum atomic E-state index is -0.423. The molecule has 0 aliphatic carbocycles. The van der Waals surface area contributed by atoms with E-state index in [1.165, 1.54) is 0 Å². The van der Waals surface area contributed by atoms with E-state index < -0.39 is 5.97 Å². The molecule has 1 amide bonds. The molecule has 0 unspecified atom stereocenters. The van der Waals surface area contributed by atoms with Gasteiger partial charge in [-0.3, -0.25) is 4.79 Å². The van der Waals surface area contributed by atoms with Gasteiger partial charge in [0.1, 0.15) is 18.1 Å². The first-order valence-electron chi connectivity index (χ1n) is 8.26. The zero-order valence-electron chi connectivity index (χ0n) is 15.0. The Balaban J connectivity index is 1.94. The number of H-pyrrole nitrogens is 1. The van der Waals surface area contributed by atoms with Crippen LogP contribution in [0.2, 0.25) is 0 Å². The van der Waals surface area contributed by atoms with Crippen LogP contribution in [0.25, 0.3) is 0 Å². The van der Waals surface area contributed by atoms with Gasteiger partial charge in [-0.1, -0.05) is 18.2 Å². The first kappa shape index (κ1) is 18.6. The molecule has 0 radical (unpaired) electrons. The van der Waals surface area contributed by atoms with Gasteiger partial charge in [-0.15, -0.1) is 0 Å². The SMILES string of the molecule is Cc1[nH]c(C(=O)NCCOc2ccccc2)c(C)c1C(=O)OC(C)C. The minimum absolute atomic E-state index is 0.214. The van der Waals surface area contributed by atoms with E-state index in [-0.39, 0.29) is 12.0 Å². The van der Waals surface area contributed by atoms with Crippen LogP contribution in [0.3, 0.4) is 0 Å². The Morgan fingerprint density at radius 1 is 1.16 bits per heavy atom. The molecule has 0 aliphatic heterocycles. The summed E-state index contributed by atoms with van der Waals surface area (Å²) in [6, 6.07) is 9.39. The van der Waals surface area contributed by atoms with Gasteiger partial charge in [-0.25, -0.2) is 4.79 Å². The number of ether oxygens (including phenoxy) is 2. The van der Waals surface area contributed by atoms with E-state index in [4.69, 9.17) is 9.47 Å². The van der Waals surface area contributed by atoms with E-state index in [9.17, 15) is 9.59 Å². The highest BCUT2D eigenvalue weighted by molar-refractivity contribution is 6.00. The second kappa shape index (κ2) is 8.37. The smallest absolute Gasteiger partial charge is 0.340 e. The quantitative estimate of drug-likeness (QED) is 0.598. The van der Waals surface area contributed by atoms with E-state index in [1.807, 2.05) is 30.3 Å². The predicted octanol–water partition coefficient (Wildman–Crippen LogP) is 3.01. The lowest BCUT2D eigenvalue weighted by molar-refractivity contribution is 0.0376. The monoisotopic (exact) mass is 344 g/mol. The van der Waals surface area contributed by atoms with Crippen LogP contribution in [0.5, 0.6) is 5.75 Å². The molecule has 2 aromatic rings. The van der Waals surface area contributed by atoms with E-state index in [2.05, 4.69) is 10.3 Å². The fourth-order valence-corrected chi connectivity index (χ4v) is 2.49. The zero-order valence-corrected chi connectivity index (χ0v) is 15.0. The fraction of sp³-hybridized carbons (Fsp3) is 0.368. The standard InChI is InChI=1S/C19H24N2O4/c1-12(2)25-19(23)16-13(3)17(21-14(16)4)18(22)20-10-11-24-15-8-6-5-7-9-15/h5-9,12,21H,10-11H2,1-4H3,(H,20,22). The van der Waals surface area contributed by atoms with Crippen LogP contribution >= 0.6 is 0 Å². The summed E-state index contributed by atoms with van der Waals surface area (Å²) in [4.78, 5) is 27.5. The molecule has 2 rings (SSSR count). The number of esters is 1. The number of aryl methyl sites for hydroxylation is 1. The number of aromatic amines is 1. The number of para-hydroxylation sites is 1. The summed E-state index contributed by atoms with van der Waals surface area (Å²) in [6.45, 7) is 7.77. The maximum Gasteiger partial charge on any atom is 0.340 e. The number of rotatable bonds is 7. The van der Waals surface area contributed by atoms with Gasteiger partial charge in [0.2, 0.25) is 0 Å². The normalized spacial score (nSPS) is 10.6. The molecule has 0 aliphatic rings. The molecule has 6 nitrogen and oxygen atoms in total. The van der Waals surface area contributed by atoms with Gasteiger partial charge in [0, 0.05) is 5.69 Å². The molecule has 0 saturated carbocycles. The second-order valence-corrected chi connectivity index (χ2v) is 6.00. The molecule has 2 N–H and O–H groups in total. The maximum atomic E-state index is 12.3. The summed E-state index contributed by atoms with van der Waals surface area (Å²) >= 11 is 0. The summed E-state index contributed by atoms with van der Waals surface area (Å²) in [7, 11) is 0. The van der Waals surface area contributed by atoms with Crippen molar-refractivity contribution in [1.82, 2.24) is 10.3 Å². The van der Waals surface area contributed by atoms with Crippen LogP contribution in [0.4, 0.5) is 0 Å². The van der Waals surface area contributed by atoms with Crippen molar-refractivity contribution in [3.63, 3.8) is 0 Å². The van der Waals surface area contributed by atoms with Gasteiger partial charge < -0.3 is 19.8 Å². The van der Waals surface area contributed by atoms with Crippen molar-refractivity contribution in [2.45, 2.75) is 33.8 Å². The number of carbonyl (C=O) groups excluding carboxylic acids is 2. The molecular formula is C19H24N2O4. The van der Waals surface area contributed by atoms with Crippen molar-refractivity contribution in [2.75, 3.05) is 13.2 Å². The fourth-order valence-electron chi connectivity index (χ4n) is 2.49. The van der Waals surface area contributed by atoms with Crippen LogP contribution in [-0.4, -0.2) is 36.1 Å². The van der Waals surface area contributed by atoms with Crippen molar-refractivity contribution < 1.29 is 19.1 Å². The molecule has 134 valence electrons. The van der Waals surface area contributed by atoms with Gasteiger partial charge in [-0.05, 0) is 45.4 Å². The molecule has 1 aromatic heterocycles. The van der Waals surface area contributed by atoms with E-state index in [1.54, 1.807) is 27.7 Å². The summed E-state index contributed by atoms with van der Waals surface area (Å²) in [5.41, 5.74) is 1.99. The molecule has 0 fully saturated rings. The Hall–Kier alpha value is -2.76. The Morgan fingerprint density at radius 3 is 2.48 bits per heavy atom. The number of nitrogens with one attached hydrogen (secondary N) is 2. The average molecular weight is 344 g/mol. The van der Waals surface area contributed by atoms with Crippen LogP contribution in [0.1, 0.15) is 46.0 Å². The van der Waals surface area contributed by atoms with Crippen LogP contribution in [-0.2, 0) is 4.74 Å². The zero-order chi connectivity index (χ0) is 18.4. The van der Waals surface area contributed by atoms with Crippen molar-refractivity contribution in [1.29, 1.82) is 0 Å². The Bertz CT molecular complexity index is 735. The minimum Gasteiger partial charge on any atom is -0.492 e. The van der Waals surface area contributed by atoms with Gasteiger partial charge in [0.25, 0.3) is 5.91 Å². The van der Waals surface area contributed by atoms with Crippen molar-refractivity contribution in [3.8, 4) is 5.75 Å². The highest BCUT2D eigenvalue weighted by atomic mass is 16.5. The number of hydrogen-bond donors (Lipinski definition) is 2. The average Bonchev–Trinajstić information content (AvgIpc) is 2.86. The highest BCUT2D eigenvalue weighted by Crippen LogP contribution is 2.19. The number of aromatic nitrogens is 1. The lowest BCUT2D eigenvalue weighted by atomic mass is 10.1. The first-order valence-corrected chi connectivity index (χ1v) is 8.26. The largest absolute Gasteiger partial charge is 0.492 e. The summed E-state index contributed by atoms with van der Waals surface area (Å²) < 4.78 is 10.8. The number of amides is 1. The lowest BCUT2D eigenvalue weighted by Crippen LogP contribution is -2.29. The lowest BCUT2D eigenvalue weighted by Gasteiger charge is -2.09. The van der Waals surface area contributed by atoms with Crippen molar-refractivity contribution >= 4 is 11.9 Å². The van der Waals surface area contributed by atoms with Gasteiger partial charge in [-0.2, -0.15) is 0 Å². The van der Waals surface area contributed by atoms with E-state index in [0.717, 1.165) is 5.75 Å².